The number of rotatable bonds is 2. The van der Waals surface area contributed by atoms with E-state index in [1.165, 1.54) is 6.42 Å². The van der Waals surface area contributed by atoms with Gasteiger partial charge in [0.05, 0.1) is 5.60 Å². The van der Waals surface area contributed by atoms with Crippen molar-refractivity contribution < 1.29 is 5.11 Å². The number of aliphatic hydroxyl groups is 1. The first-order valence-corrected chi connectivity index (χ1v) is 6.00. The van der Waals surface area contributed by atoms with Gasteiger partial charge in [0.25, 0.3) is 0 Å². The summed E-state index contributed by atoms with van der Waals surface area (Å²) in [5.41, 5.74) is -0.663. The van der Waals surface area contributed by atoms with Crippen molar-refractivity contribution in [2.24, 2.45) is 12.5 Å². The van der Waals surface area contributed by atoms with E-state index < -0.39 is 5.60 Å². The Morgan fingerprint density at radius 3 is 2.62 bits per heavy atom. The van der Waals surface area contributed by atoms with Gasteiger partial charge in [0, 0.05) is 13.5 Å². The fraction of sp³-hybridized carbons (Fsp3) is 0.833. The summed E-state index contributed by atoms with van der Waals surface area (Å²) in [5.74, 6) is 0.873. The van der Waals surface area contributed by atoms with E-state index in [4.69, 9.17) is 0 Å². The molecule has 0 radical (unpaired) electrons. The van der Waals surface area contributed by atoms with Gasteiger partial charge in [-0.25, -0.2) is 4.98 Å². The molecular weight excluding hydrogens is 202 g/mol. The molecule has 1 aliphatic carbocycles. The first-order valence-electron chi connectivity index (χ1n) is 6.00. The van der Waals surface area contributed by atoms with Crippen LogP contribution in [0.2, 0.25) is 0 Å². The number of nitrogens with zero attached hydrogens (tertiary/aromatic N) is 3. The van der Waals surface area contributed by atoms with Crippen molar-refractivity contribution in [3.8, 4) is 0 Å². The van der Waals surface area contributed by atoms with Crippen molar-refractivity contribution in [2.45, 2.75) is 51.6 Å². The SMILES string of the molecule is Cn1ncnc1CC1(O)CCCCC1(C)C. The minimum absolute atomic E-state index is 0.0306. The highest BCUT2D eigenvalue weighted by atomic mass is 16.3. The molecule has 2 rings (SSSR count). The Morgan fingerprint density at radius 1 is 1.38 bits per heavy atom. The second-order valence-electron chi connectivity index (χ2n) is 5.60. The smallest absolute Gasteiger partial charge is 0.138 e. The van der Waals surface area contributed by atoms with Gasteiger partial charge in [0.2, 0.25) is 0 Å². The summed E-state index contributed by atoms with van der Waals surface area (Å²) < 4.78 is 1.75. The van der Waals surface area contributed by atoms with Gasteiger partial charge in [0.1, 0.15) is 12.2 Å². The Labute approximate surface area is 96.7 Å². The lowest BCUT2D eigenvalue weighted by Crippen LogP contribution is -2.49. The fourth-order valence-electron chi connectivity index (χ4n) is 2.62. The normalized spacial score (nSPS) is 29.2. The zero-order valence-electron chi connectivity index (χ0n) is 10.4. The van der Waals surface area contributed by atoms with Crippen LogP contribution >= 0.6 is 0 Å². The van der Waals surface area contributed by atoms with Crippen molar-refractivity contribution in [3.63, 3.8) is 0 Å². The summed E-state index contributed by atoms with van der Waals surface area (Å²) in [6.45, 7) is 4.31. The van der Waals surface area contributed by atoms with Crippen LogP contribution in [0.1, 0.15) is 45.4 Å². The Hall–Kier alpha value is -0.900. The van der Waals surface area contributed by atoms with E-state index in [1.807, 2.05) is 7.05 Å². The van der Waals surface area contributed by atoms with E-state index >= 15 is 0 Å². The van der Waals surface area contributed by atoms with Crippen molar-refractivity contribution in [1.29, 1.82) is 0 Å². The molecule has 1 heterocycles. The Kier molecular flexibility index (Phi) is 2.78. The molecule has 1 atom stereocenters. The average Bonchev–Trinajstić information content (AvgIpc) is 2.58. The van der Waals surface area contributed by atoms with Crippen LogP contribution in [-0.4, -0.2) is 25.5 Å². The molecule has 1 fully saturated rings. The number of hydrogen-bond acceptors (Lipinski definition) is 3. The standard InChI is InChI=1S/C12H21N3O/c1-11(2)6-4-5-7-12(11,16)8-10-13-9-14-15(10)3/h9,16H,4-8H2,1-3H3. The Morgan fingerprint density at radius 2 is 2.06 bits per heavy atom. The first-order chi connectivity index (χ1) is 7.45. The molecule has 1 aliphatic rings. The number of aromatic nitrogens is 3. The second-order valence-corrected chi connectivity index (χ2v) is 5.60. The summed E-state index contributed by atoms with van der Waals surface area (Å²) >= 11 is 0. The Bertz CT molecular complexity index is 372. The maximum Gasteiger partial charge on any atom is 0.138 e. The Balaban J connectivity index is 2.21. The molecule has 0 spiro atoms. The summed E-state index contributed by atoms with van der Waals surface area (Å²) in [5, 5.41) is 14.9. The quantitative estimate of drug-likeness (QED) is 0.830. The minimum atomic E-state index is -0.633. The molecule has 0 saturated heterocycles. The van der Waals surface area contributed by atoms with Gasteiger partial charge < -0.3 is 5.11 Å². The monoisotopic (exact) mass is 223 g/mol. The molecule has 1 aromatic heterocycles. The van der Waals surface area contributed by atoms with E-state index in [2.05, 4.69) is 23.9 Å². The van der Waals surface area contributed by atoms with E-state index in [0.29, 0.717) is 6.42 Å². The number of hydrogen-bond donors (Lipinski definition) is 1. The van der Waals surface area contributed by atoms with E-state index in [1.54, 1.807) is 11.0 Å². The van der Waals surface area contributed by atoms with Gasteiger partial charge >= 0.3 is 0 Å². The summed E-state index contributed by atoms with van der Waals surface area (Å²) in [6, 6.07) is 0. The van der Waals surface area contributed by atoms with Gasteiger partial charge in [-0.2, -0.15) is 5.10 Å². The molecule has 1 N–H and O–H groups in total. The minimum Gasteiger partial charge on any atom is -0.389 e. The van der Waals surface area contributed by atoms with Crippen LogP contribution in [0.3, 0.4) is 0 Å². The van der Waals surface area contributed by atoms with Crippen molar-refractivity contribution in [1.82, 2.24) is 14.8 Å². The third-order valence-electron chi connectivity index (χ3n) is 4.16. The lowest BCUT2D eigenvalue weighted by Gasteiger charge is -2.46. The van der Waals surface area contributed by atoms with Crippen molar-refractivity contribution >= 4 is 0 Å². The molecule has 0 amide bonds. The summed E-state index contributed by atoms with van der Waals surface area (Å²) in [4.78, 5) is 4.21. The molecule has 4 nitrogen and oxygen atoms in total. The molecule has 0 bridgehead atoms. The van der Waals surface area contributed by atoms with Crippen LogP contribution in [0.25, 0.3) is 0 Å². The number of aryl methyl sites for hydroxylation is 1. The summed E-state index contributed by atoms with van der Waals surface area (Å²) in [7, 11) is 1.88. The van der Waals surface area contributed by atoms with Crippen LogP contribution in [0.15, 0.2) is 6.33 Å². The van der Waals surface area contributed by atoms with E-state index in [0.717, 1.165) is 25.1 Å². The maximum absolute atomic E-state index is 10.8. The lowest BCUT2D eigenvalue weighted by molar-refractivity contribution is -0.0974. The molecule has 4 heteroatoms. The molecule has 90 valence electrons. The largest absolute Gasteiger partial charge is 0.389 e. The van der Waals surface area contributed by atoms with Crippen LogP contribution in [0.5, 0.6) is 0 Å². The molecule has 1 unspecified atom stereocenters. The van der Waals surface area contributed by atoms with Gasteiger partial charge in [-0.1, -0.05) is 26.7 Å². The van der Waals surface area contributed by atoms with Crippen LogP contribution < -0.4 is 0 Å². The van der Waals surface area contributed by atoms with Gasteiger partial charge in [-0.3, -0.25) is 4.68 Å². The third-order valence-corrected chi connectivity index (χ3v) is 4.16. The van der Waals surface area contributed by atoms with Gasteiger partial charge in [0.15, 0.2) is 0 Å². The third kappa shape index (κ3) is 1.86. The predicted molar refractivity (Wildman–Crippen MR) is 61.9 cm³/mol. The lowest BCUT2D eigenvalue weighted by atomic mass is 9.64. The zero-order valence-corrected chi connectivity index (χ0v) is 10.4. The molecule has 1 saturated carbocycles. The fourth-order valence-corrected chi connectivity index (χ4v) is 2.62. The van der Waals surface area contributed by atoms with Crippen LogP contribution in [0.4, 0.5) is 0 Å². The second kappa shape index (κ2) is 3.84. The first kappa shape index (κ1) is 11.6. The van der Waals surface area contributed by atoms with Gasteiger partial charge in [-0.15, -0.1) is 0 Å². The van der Waals surface area contributed by atoms with Crippen LogP contribution in [-0.2, 0) is 13.5 Å². The topological polar surface area (TPSA) is 50.9 Å². The van der Waals surface area contributed by atoms with Crippen LogP contribution in [0, 0.1) is 5.41 Å². The maximum atomic E-state index is 10.8. The van der Waals surface area contributed by atoms with E-state index in [9.17, 15) is 5.11 Å². The highest BCUT2D eigenvalue weighted by Gasteiger charge is 2.45. The van der Waals surface area contributed by atoms with Gasteiger partial charge in [-0.05, 0) is 18.3 Å². The molecule has 0 aromatic carbocycles. The highest BCUT2D eigenvalue weighted by molar-refractivity contribution is 5.03. The molecule has 16 heavy (non-hydrogen) atoms. The van der Waals surface area contributed by atoms with Crippen molar-refractivity contribution in [3.05, 3.63) is 12.2 Å². The molecular formula is C12H21N3O. The predicted octanol–water partition coefficient (Wildman–Crippen LogP) is 1.69. The van der Waals surface area contributed by atoms with Crippen molar-refractivity contribution in [2.75, 3.05) is 0 Å². The highest BCUT2D eigenvalue weighted by Crippen LogP contribution is 2.45. The summed E-state index contributed by atoms with van der Waals surface area (Å²) in [6.07, 6.45) is 6.44. The zero-order chi connectivity index (χ0) is 11.8. The van der Waals surface area contributed by atoms with E-state index in [-0.39, 0.29) is 5.41 Å². The molecule has 0 aliphatic heterocycles. The average molecular weight is 223 g/mol. The molecule has 1 aromatic rings.